The van der Waals surface area contributed by atoms with Gasteiger partial charge in [-0.3, -0.25) is 24.0 Å². The summed E-state index contributed by atoms with van der Waals surface area (Å²) in [6.45, 7) is 13.8. The number of esters is 6. The summed E-state index contributed by atoms with van der Waals surface area (Å²) in [5, 5.41) is 9.00. The van der Waals surface area contributed by atoms with Crippen LogP contribution in [0.15, 0.2) is 47.2 Å². The van der Waals surface area contributed by atoms with Gasteiger partial charge in [-0.25, -0.2) is 13.8 Å². The number of carbonyl (C=O) groups excluding carboxylic acids is 6. The molecule has 20 heteroatoms. The largest absolute Gasteiger partial charge is 0.481 e. The second-order valence-corrected chi connectivity index (χ2v) is 31.2. The molecule has 0 unspecified atom stereocenters. The molecule has 15 nitrogen and oxygen atoms in total. The molecule has 8 rings (SSSR count). The van der Waals surface area contributed by atoms with E-state index in [1.54, 1.807) is 12.1 Å². The van der Waals surface area contributed by atoms with Crippen LogP contribution in [0.25, 0.3) is 0 Å². The monoisotopic (exact) mass is 1340 g/mol. The van der Waals surface area contributed by atoms with Crippen LogP contribution in [-0.2, 0) is 61.7 Å². The highest BCUT2D eigenvalue weighted by Crippen LogP contribution is 2.58. The van der Waals surface area contributed by atoms with Crippen LogP contribution in [0.5, 0.6) is 11.5 Å². The van der Waals surface area contributed by atoms with Crippen LogP contribution in [0.2, 0.25) is 0 Å². The van der Waals surface area contributed by atoms with Crippen molar-refractivity contribution in [1.29, 1.82) is 0 Å². The Labute approximate surface area is 551 Å². The predicted octanol–water partition coefficient (Wildman–Crippen LogP) is 17.2. The van der Waals surface area contributed by atoms with Crippen molar-refractivity contribution < 1.29 is 72.7 Å². The SMILES string of the molecule is C=CC(=O)OCCCCOC(=O)C(C(=O)OCCCCOC(=O)C=C)C1Sc2c(OC(=O)C3CCC(C4CCC(CC)CC4)CC3)ccc(OC(=O)C3CCC(C4CCC(CC)CC4)CC3)c2S1.CCC1CCC(C2CCC(C(=O)O)CC2)CC1.O=S(Cl)Cl.[2HH]. The number of hydrogen-bond donors (Lipinski definition) is 1. The lowest BCUT2D eigenvalue weighted by Gasteiger charge is -2.37. The van der Waals surface area contributed by atoms with Gasteiger partial charge in [0.2, 0.25) is 9.23 Å². The molecule has 1 aromatic rings. The number of unbranched alkanes of at least 4 members (excludes halogenated alkanes) is 2. The lowest BCUT2D eigenvalue weighted by molar-refractivity contribution is -0.162. The van der Waals surface area contributed by atoms with Crippen LogP contribution in [0.3, 0.4) is 0 Å². The Balaban J connectivity index is 0.000000564. The molecular weight excluding hydrogens is 1240 g/mol. The van der Waals surface area contributed by atoms with Crippen LogP contribution in [0, 0.1) is 76.9 Å². The molecule has 1 N–H and O–H groups in total. The van der Waals surface area contributed by atoms with Gasteiger partial charge in [0.15, 0.2) is 5.92 Å². The molecule has 6 fully saturated rings. The summed E-state index contributed by atoms with van der Waals surface area (Å²) in [6.07, 6.45) is 34.9. The zero-order chi connectivity index (χ0) is 64.2. The summed E-state index contributed by atoms with van der Waals surface area (Å²) in [6, 6.07) is 3.33. The first-order chi connectivity index (χ1) is 42.9. The topological polar surface area (TPSA) is 212 Å². The van der Waals surface area contributed by atoms with Crippen LogP contribution in [-0.4, -0.2) is 82.1 Å². The number of fused-ring (bicyclic) bond motifs is 1. The van der Waals surface area contributed by atoms with E-state index in [2.05, 4.69) is 55.3 Å². The molecule has 1 aromatic carbocycles. The molecule has 0 amide bonds. The van der Waals surface area contributed by atoms with Crippen LogP contribution >= 0.6 is 44.9 Å². The second-order valence-electron chi connectivity index (χ2n) is 26.1. The predicted molar refractivity (Wildman–Crippen MR) is 353 cm³/mol. The summed E-state index contributed by atoms with van der Waals surface area (Å²) in [4.78, 5) is 90.7. The molecule has 7 aliphatic rings. The summed E-state index contributed by atoms with van der Waals surface area (Å²) in [5.41, 5.74) is 0. The normalized spacial score (nSPS) is 28.4. The van der Waals surface area contributed by atoms with E-state index in [0.29, 0.717) is 58.8 Å². The van der Waals surface area contributed by atoms with Crippen LogP contribution in [0.4, 0.5) is 0 Å². The second kappa shape index (κ2) is 39.8. The molecule has 0 bridgehead atoms. The van der Waals surface area contributed by atoms with Crippen molar-refractivity contribution in [2.75, 3.05) is 26.4 Å². The Morgan fingerprint density at radius 3 is 1.03 bits per heavy atom. The maximum atomic E-state index is 14.0. The van der Waals surface area contributed by atoms with Crippen molar-refractivity contribution >= 4 is 95.9 Å². The molecule has 89 heavy (non-hydrogen) atoms. The number of ether oxygens (including phenoxy) is 6. The molecule has 6 saturated carbocycles. The number of benzene rings is 1. The molecule has 502 valence electrons. The van der Waals surface area contributed by atoms with Gasteiger partial charge in [-0.1, -0.05) is 91.7 Å². The fourth-order valence-corrected chi connectivity index (χ4v) is 18.2. The van der Waals surface area contributed by atoms with Gasteiger partial charge in [-0.2, -0.15) is 0 Å². The molecular formula is C69H104Cl2O15S3. The van der Waals surface area contributed by atoms with Gasteiger partial charge in [-0.15, -0.1) is 23.5 Å². The van der Waals surface area contributed by atoms with Gasteiger partial charge < -0.3 is 33.5 Å². The maximum absolute atomic E-state index is 14.0. The Morgan fingerprint density at radius 2 is 0.764 bits per heavy atom. The van der Waals surface area contributed by atoms with Crippen molar-refractivity contribution in [2.45, 2.75) is 234 Å². The maximum Gasteiger partial charge on any atom is 0.330 e. The van der Waals surface area contributed by atoms with E-state index < -0.39 is 49.6 Å². The Bertz CT molecular complexity index is 2320. The zero-order valence-corrected chi connectivity index (χ0v) is 57.2. The number of thioether (sulfide) groups is 2. The third-order valence-electron chi connectivity index (χ3n) is 20.8. The Kier molecular flexibility index (Phi) is 33.3. The highest BCUT2D eigenvalue weighted by Gasteiger charge is 2.46. The van der Waals surface area contributed by atoms with E-state index in [0.717, 1.165) is 118 Å². The number of hydrogen-bond acceptors (Lipinski definition) is 16. The van der Waals surface area contributed by atoms with Crippen LogP contribution in [0.1, 0.15) is 221 Å². The Morgan fingerprint density at radius 1 is 0.494 bits per heavy atom. The summed E-state index contributed by atoms with van der Waals surface area (Å²) < 4.78 is 42.1. The van der Waals surface area contributed by atoms with E-state index in [1.807, 2.05) is 0 Å². The van der Waals surface area contributed by atoms with Crippen LogP contribution < -0.4 is 9.47 Å². The number of carbonyl (C=O) groups is 7. The van der Waals surface area contributed by atoms with Gasteiger partial charge in [0.1, 0.15) is 11.5 Å². The smallest absolute Gasteiger partial charge is 0.330 e. The minimum absolute atomic E-state index is 0. The van der Waals surface area contributed by atoms with Gasteiger partial charge in [0.25, 0.3) is 0 Å². The van der Waals surface area contributed by atoms with Crippen molar-refractivity contribution in [3.63, 3.8) is 0 Å². The molecule has 0 spiro atoms. The fourth-order valence-electron chi connectivity index (χ4n) is 15.1. The average Bonchev–Trinajstić information content (AvgIpc) is 1.66. The molecule has 0 saturated heterocycles. The van der Waals surface area contributed by atoms with Gasteiger partial charge in [-0.05, 0) is 207 Å². The van der Waals surface area contributed by atoms with Crippen molar-refractivity contribution in [1.82, 2.24) is 0 Å². The van der Waals surface area contributed by atoms with E-state index in [1.165, 1.54) is 133 Å². The number of halogens is 2. The average molecular weight is 1340 g/mol. The third kappa shape index (κ3) is 24.4. The van der Waals surface area contributed by atoms with Gasteiger partial charge in [0.05, 0.1) is 58.6 Å². The molecule has 0 aromatic heterocycles. The summed E-state index contributed by atoms with van der Waals surface area (Å²) in [7, 11) is 7.36. The van der Waals surface area contributed by atoms with Gasteiger partial charge in [0, 0.05) is 34.9 Å². The van der Waals surface area contributed by atoms with Crippen molar-refractivity contribution in [3.8, 4) is 11.5 Å². The zero-order valence-electron chi connectivity index (χ0n) is 53.2. The lowest BCUT2D eigenvalue weighted by atomic mass is 9.69. The molecule has 6 aliphatic carbocycles. The first-order valence-electron chi connectivity index (χ1n) is 33.8. The lowest BCUT2D eigenvalue weighted by Crippen LogP contribution is -2.34. The highest BCUT2D eigenvalue weighted by molar-refractivity contribution is 8.26. The number of aliphatic carboxylic acids is 1. The Hall–Kier alpha value is -3.58. The van der Waals surface area contributed by atoms with Gasteiger partial charge >= 0.3 is 41.8 Å². The molecule has 0 radical (unpaired) electrons. The minimum Gasteiger partial charge on any atom is -0.481 e. The van der Waals surface area contributed by atoms with E-state index in [9.17, 15) is 33.6 Å². The van der Waals surface area contributed by atoms with E-state index in [4.69, 9.17) is 37.7 Å². The standard InChI is InChI=1S/C54H76O12S2.C15H26O2.Cl2OS.H2/c1-5-35-13-17-37(18-14-35)39-21-25-41(26-22-39)50(57)65-43-29-30-44(66-51(58)42-27-23-40(24-28-42)38-19-15-36(6-2)16-20-38)49-48(43)67-54(68-49)47(52(59)63-33-11-9-31-61-45(55)7-3)53(60)64-34-12-10-32-62-46(56)8-4;1-2-11-3-5-12(6-4-11)13-7-9-14(10-8-13)15(16)17;1-4(2)3;/h7-8,29-30,35-42,47,54H,3-6,9-28,31-34H2,1-2H3;11-14H,2-10H2,1H3,(H,16,17);;1H/i;;;1+1. The van der Waals surface area contributed by atoms with E-state index in [-0.39, 0.29) is 57.5 Å². The third-order valence-corrected chi connectivity index (χ3v) is 23.8. The fraction of sp³-hybridized carbons (Fsp3) is 0.754. The number of rotatable bonds is 26. The molecule has 1 aliphatic heterocycles. The quantitative estimate of drug-likeness (QED) is 0.0174. The first kappa shape index (κ1) is 74.5. The number of carboxylic acids is 1. The van der Waals surface area contributed by atoms with E-state index >= 15 is 0 Å². The highest BCUT2D eigenvalue weighted by atomic mass is 36.0. The molecule has 1 heterocycles. The minimum atomic E-state index is -1.67. The van der Waals surface area contributed by atoms with Crippen molar-refractivity contribution in [3.05, 3.63) is 37.4 Å². The number of carboxylic acid groups (broad SMARTS) is 1. The molecule has 0 atom stereocenters. The first-order valence-corrected chi connectivity index (χ1v) is 38.3. The van der Waals surface area contributed by atoms with Crippen molar-refractivity contribution in [2.24, 2.45) is 76.9 Å². The summed E-state index contributed by atoms with van der Waals surface area (Å²) >= 11 is 2.39. The summed E-state index contributed by atoms with van der Waals surface area (Å²) in [5.74, 6) is 1.95.